The van der Waals surface area contributed by atoms with Crippen molar-refractivity contribution in [3.8, 4) is 40.0 Å². The summed E-state index contributed by atoms with van der Waals surface area (Å²) in [6, 6.07) is 8.43. The number of phenolic OH excluding ortho intramolecular Hbond substituents is 1. The van der Waals surface area contributed by atoms with Crippen LogP contribution in [0.1, 0.15) is 71.9 Å². The molecule has 4 amide bonds. The van der Waals surface area contributed by atoms with E-state index in [1.165, 1.54) is 16.2 Å². The number of cyclic esters (lactones) is 1. The van der Waals surface area contributed by atoms with Crippen molar-refractivity contribution in [3.63, 3.8) is 0 Å². The number of likely N-dealkylation sites (N-methyl/N-ethyl adjacent to an activating group) is 1. The lowest BCUT2D eigenvalue weighted by atomic mass is 9.84. The SMILES string of the molecule is CC#CC(=O)N1CC[C@@H](C(=O)N(C)C(C(=O)N[C@H]2Cc3cc(O)cc(c3)-c3ccc4c(c3)c(c(-c3cncnc3)n4CC)CC(C)(C)COC(=O)[C@@H]3CCCN(N3)C2=O)C(C)C)C1. The number of hydrazine groups is 1. The molecular weight excluding hydrogens is 801 g/mol. The minimum Gasteiger partial charge on any atom is -0.508 e. The topological polar surface area (TPSA) is 179 Å². The number of aryl methyl sites for hydroxylation is 1. The first-order valence-electron chi connectivity index (χ1n) is 21.9. The van der Waals surface area contributed by atoms with Crippen LogP contribution in [0, 0.1) is 29.1 Å². The molecule has 5 heterocycles. The molecule has 2 aromatic carbocycles. The van der Waals surface area contributed by atoms with Crippen LogP contribution in [-0.4, -0.2) is 115 Å². The van der Waals surface area contributed by atoms with Gasteiger partial charge in [0.15, 0.2) is 0 Å². The molecule has 1 unspecified atom stereocenters. The highest BCUT2D eigenvalue weighted by molar-refractivity contribution is 5.96. The number of amides is 4. The number of rotatable bonds is 7. The van der Waals surface area contributed by atoms with Gasteiger partial charge in [-0.15, -0.1) is 0 Å². The zero-order valence-electron chi connectivity index (χ0n) is 37.2. The Hall–Kier alpha value is -6.27. The molecule has 6 bridgehead atoms. The second-order valence-electron chi connectivity index (χ2n) is 18.1. The summed E-state index contributed by atoms with van der Waals surface area (Å²) < 4.78 is 8.28. The molecule has 0 saturated carbocycles. The van der Waals surface area contributed by atoms with Gasteiger partial charge in [-0.05, 0) is 97.9 Å². The molecule has 15 nitrogen and oxygen atoms in total. The quantitative estimate of drug-likeness (QED) is 0.177. The molecule has 0 spiro atoms. The fourth-order valence-electron chi connectivity index (χ4n) is 9.40. The summed E-state index contributed by atoms with van der Waals surface area (Å²) in [6.45, 7) is 13.1. The Morgan fingerprint density at radius 3 is 2.52 bits per heavy atom. The third-order valence-corrected chi connectivity index (χ3v) is 12.4. The van der Waals surface area contributed by atoms with Crippen LogP contribution in [0.5, 0.6) is 5.75 Å². The van der Waals surface area contributed by atoms with Gasteiger partial charge in [0.25, 0.3) is 11.8 Å². The summed E-state index contributed by atoms with van der Waals surface area (Å²) in [5.74, 6) is 2.17. The number of phenols is 1. The number of hydrogen-bond donors (Lipinski definition) is 3. The van der Waals surface area contributed by atoms with E-state index in [1.54, 1.807) is 43.4 Å². The summed E-state index contributed by atoms with van der Waals surface area (Å²) in [7, 11) is 1.58. The van der Waals surface area contributed by atoms with Crippen LogP contribution >= 0.6 is 0 Å². The minimum absolute atomic E-state index is 0.00798. The second kappa shape index (κ2) is 18.6. The number of nitrogens with zero attached hydrogens (tertiary/aromatic N) is 6. The van der Waals surface area contributed by atoms with Crippen LogP contribution in [0.15, 0.2) is 55.1 Å². The largest absolute Gasteiger partial charge is 0.508 e. The lowest BCUT2D eigenvalue weighted by molar-refractivity contribution is -0.155. The minimum atomic E-state index is -1.16. The third-order valence-electron chi connectivity index (χ3n) is 12.4. The average Bonchev–Trinajstić information content (AvgIpc) is 3.88. The predicted octanol–water partition coefficient (Wildman–Crippen LogP) is 4.49. The Labute approximate surface area is 368 Å². The van der Waals surface area contributed by atoms with E-state index < -0.39 is 47.2 Å². The monoisotopic (exact) mass is 858 g/mol. The van der Waals surface area contributed by atoms with Crippen molar-refractivity contribution in [1.29, 1.82) is 0 Å². The number of ether oxygens (including phenoxy) is 1. The van der Waals surface area contributed by atoms with Gasteiger partial charge < -0.3 is 29.5 Å². The Morgan fingerprint density at radius 1 is 1.05 bits per heavy atom. The van der Waals surface area contributed by atoms with Gasteiger partial charge in [0.2, 0.25) is 11.8 Å². The van der Waals surface area contributed by atoms with Gasteiger partial charge in [-0.25, -0.2) is 15.4 Å². The van der Waals surface area contributed by atoms with E-state index in [-0.39, 0.29) is 49.6 Å². The molecule has 332 valence electrons. The van der Waals surface area contributed by atoms with Crippen molar-refractivity contribution in [2.45, 2.75) is 98.3 Å². The van der Waals surface area contributed by atoms with Gasteiger partial charge in [-0.2, -0.15) is 0 Å². The Bertz CT molecular complexity index is 2470. The molecule has 0 aliphatic carbocycles. The van der Waals surface area contributed by atoms with Crippen molar-refractivity contribution in [2.75, 3.05) is 33.3 Å². The van der Waals surface area contributed by atoms with E-state index in [1.807, 2.05) is 26.0 Å². The number of carbonyl (C=O) groups is 5. The zero-order valence-corrected chi connectivity index (χ0v) is 37.2. The van der Waals surface area contributed by atoms with E-state index >= 15 is 0 Å². The fraction of sp³-hybridized carbons (Fsp3) is 0.479. The Kier molecular flexibility index (Phi) is 13.2. The third kappa shape index (κ3) is 9.56. The molecule has 15 heteroatoms. The highest BCUT2D eigenvalue weighted by atomic mass is 16.5. The highest BCUT2D eigenvalue weighted by Gasteiger charge is 2.40. The van der Waals surface area contributed by atoms with Crippen molar-refractivity contribution in [2.24, 2.45) is 17.3 Å². The normalized spacial score (nSPS) is 20.7. The molecule has 4 aromatic rings. The van der Waals surface area contributed by atoms with Gasteiger partial charge in [0, 0.05) is 73.9 Å². The van der Waals surface area contributed by atoms with Crippen LogP contribution < -0.4 is 10.7 Å². The number of benzene rings is 2. The summed E-state index contributed by atoms with van der Waals surface area (Å²) in [5, 5.41) is 16.6. The van der Waals surface area contributed by atoms with Gasteiger partial charge in [0.05, 0.1) is 18.2 Å². The van der Waals surface area contributed by atoms with Gasteiger partial charge in [0.1, 0.15) is 30.2 Å². The van der Waals surface area contributed by atoms with Crippen molar-refractivity contribution in [1.82, 2.24) is 40.1 Å². The first kappa shape index (κ1) is 44.8. The first-order chi connectivity index (χ1) is 30.1. The molecule has 2 aromatic heterocycles. The van der Waals surface area contributed by atoms with Gasteiger partial charge >= 0.3 is 5.97 Å². The van der Waals surface area contributed by atoms with Crippen LogP contribution in [-0.2, 0) is 48.1 Å². The predicted molar refractivity (Wildman–Crippen MR) is 237 cm³/mol. The average molecular weight is 859 g/mol. The maximum absolute atomic E-state index is 14.6. The number of fused-ring (bicyclic) bond motifs is 6. The van der Waals surface area contributed by atoms with Crippen LogP contribution in [0.3, 0.4) is 0 Å². The van der Waals surface area contributed by atoms with Crippen molar-refractivity contribution in [3.05, 3.63) is 66.2 Å². The number of likely N-dealkylation sites (tertiary alicyclic amines) is 1. The van der Waals surface area contributed by atoms with E-state index in [4.69, 9.17) is 4.74 Å². The number of esters is 1. The second-order valence-corrected chi connectivity index (χ2v) is 18.1. The first-order valence-corrected chi connectivity index (χ1v) is 21.9. The molecular formula is C48H58N8O7. The van der Waals surface area contributed by atoms with E-state index in [0.29, 0.717) is 49.9 Å². The Balaban J connectivity index is 1.27. The van der Waals surface area contributed by atoms with Gasteiger partial charge in [-0.3, -0.25) is 29.0 Å². The van der Waals surface area contributed by atoms with Crippen molar-refractivity contribution < 1.29 is 33.8 Å². The van der Waals surface area contributed by atoms with E-state index in [0.717, 1.165) is 33.3 Å². The molecule has 2 saturated heterocycles. The van der Waals surface area contributed by atoms with Crippen molar-refractivity contribution >= 4 is 40.5 Å². The molecule has 2 fully saturated rings. The summed E-state index contributed by atoms with van der Waals surface area (Å²) >= 11 is 0. The van der Waals surface area contributed by atoms with Crippen LogP contribution in [0.25, 0.3) is 33.3 Å². The molecule has 63 heavy (non-hydrogen) atoms. The molecule has 3 aliphatic rings. The lowest BCUT2D eigenvalue weighted by Gasteiger charge is -2.37. The highest BCUT2D eigenvalue weighted by Crippen LogP contribution is 2.40. The smallest absolute Gasteiger partial charge is 0.324 e. The molecule has 0 radical (unpaired) electrons. The Morgan fingerprint density at radius 2 is 1.81 bits per heavy atom. The summed E-state index contributed by atoms with van der Waals surface area (Å²) in [4.78, 5) is 80.9. The lowest BCUT2D eigenvalue weighted by Crippen LogP contribution is -2.62. The summed E-state index contributed by atoms with van der Waals surface area (Å²) in [6.07, 6.45) is 7.05. The zero-order chi connectivity index (χ0) is 45.2. The molecule has 3 aliphatic heterocycles. The number of hydrogen-bond acceptors (Lipinski definition) is 10. The standard InChI is InChI=1S/C48H58N8O7/c1-8-11-41(58)54-17-15-32(26-54)45(60)53(7)42(29(3)4)44(59)51-39-20-30-18-33(21-35(57)19-30)31-13-14-40-36(22-31)37(43(55(40)9-2)34-24-49-28-50-25-34)23-48(5,6)27-63-47(62)38-12-10-16-56(52-38)46(39)61/h13-14,18-19,21-22,24-25,28-29,32,38-39,42,52,57H,9-10,12,15-17,20,23,26-27H2,1-7H3,(H,51,59)/t32-,38+,39+,42?/m1/s1. The van der Waals surface area contributed by atoms with Gasteiger partial charge in [-0.1, -0.05) is 45.7 Å². The number of aromatic hydroxyl groups is 1. The summed E-state index contributed by atoms with van der Waals surface area (Å²) in [5.41, 5.74) is 8.61. The molecule has 4 atom stereocenters. The fourth-order valence-corrected chi connectivity index (χ4v) is 9.40. The van der Waals surface area contributed by atoms with E-state index in [9.17, 15) is 29.1 Å². The van der Waals surface area contributed by atoms with E-state index in [2.05, 4.69) is 70.0 Å². The number of carbonyl (C=O) groups excluding carboxylic acids is 5. The van der Waals surface area contributed by atoms with Crippen LogP contribution in [0.4, 0.5) is 0 Å². The number of nitrogens with one attached hydrogen (secondary N) is 2. The van der Waals surface area contributed by atoms with Crippen LogP contribution in [0.2, 0.25) is 0 Å². The number of aromatic nitrogens is 3. The molecule has 3 N–H and O–H groups in total. The maximum Gasteiger partial charge on any atom is 0.324 e. The maximum atomic E-state index is 14.6. The molecule has 7 rings (SSSR count).